The van der Waals surface area contributed by atoms with Gasteiger partial charge in [-0.1, -0.05) is 18.2 Å². The Kier molecular flexibility index (Phi) is 4.98. The van der Waals surface area contributed by atoms with Crippen LogP contribution in [0.5, 0.6) is 5.75 Å². The molecule has 0 aromatic heterocycles. The van der Waals surface area contributed by atoms with Crippen LogP contribution in [0.4, 0.5) is 0 Å². The van der Waals surface area contributed by atoms with E-state index in [2.05, 4.69) is 17.6 Å². The van der Waals surface area contributed by atoms with Gasteiger partial charge in [0.05, 0.1) is 6.61 Å². The standard InChI is InChI=1S/C18H26N2O2/c1-13-10-15(8-9-19-13)18(21)20-11-16-4-2-3-5-17(16)22-12-14-6-7-14/h2-5,13-15,19H,6-12H2,1H3,(H,20,21)/t13-,15-/m0/s1. The van der Waals surface area contributed by atoms with E-state index < -0.39 is 0 Å². The molecular weight excluding hydrogens is 276 g/mol. The zero-order chi connectivity index (χ0) is 15.4. The molecule has 1 saturated heterocycles. The van der Waals surface area contributed by atoms with E-state index in [0.29, 0.717) is 12.6 Å². The molecule has 3 rings (SSSR count). The van der Waals surface area contributed by atoms with Crippen LogP contribution in [-0.4, -0.2) is 25.1 Å². The van der Waals surface area contributed by atoms with E-state index in [1.54, 1.807) is 0 Å². The topological polar surface area (TPSA) is 50.4 Å². The largest absolute Gasteiger partial charge is 0.493 e. The molecule has 0 radical (unpaired) electrons. The van der Waals surface area contributed by atoms with Gasteiger partial charge in [-0.05, 0) is 51.1 Å². The molecule has 0 spiro atoms. The molecule has 4 nitrogen and oxygen atoms in total. The molecule has 1 aromatic carbocycles. The van der Waals surface area contributed by atoms with E-state index in [9.17, 15) is 4.79 Å². The summed E-state index contributed by atoms with van der Waals surface area (Å²) >= 11 is 0. The first kappa shape index (κ1) is 15.3. The monoisotopic (exact) mass is 302 g/mol. The number of hydrogen-bond donors (Lipinski definition) is 2. The van der Waals surface area contributed by atoms with Crippen LogP contribution in [-0.2, 0) is 11.3 Å². The van der Waals surface area contributed by atoms with Gasteiger partial charge in [-0.15, -0.1) is 0 Å². The second-order valence-corrected chi connectivity index (χ2v) is 6.66. The third kappa shape index (κ3) is 4.23. The summed E-state index contributed by atoms with van der Waals surface area (Å²) in [5, 5.41) is 6.47. The molecule has 1 heterocycles. The highest BCUT2D eigenvalue weighted by molar-refractivity contribution is 5.78. The molecule has 1 saturated carbocycles. The maximum absolute atomic E-state index is 12.3. The maximum Gasteiger partial charge on any atom is 0.223 e. The molecule has 1 aliphatic carbocycles. The summed E-state index contributed by atoms with van der Waals surface area (Å²) < 4.78 is 5.89. The number of carbonyl (C=O) groups is 1. The van der Waals surface area contributed by atoms with E-state index in [1.807, 2.05) is 24.3 Å². The number of para-hydroxylation sites is 1. The lowest BCUT2D eigenvalue weighted by atomic mass is 9.92. The third-order valence-electron chi connectivity index (χ3n) is 4.59. The molecule has 2 fully saturated rings. The van der Waals surface area contributed by atoms with Crippen LogP contribution in [0.2, 0.25) is 0 Å². The Hall–Kier alpha value is -1.55. The zero-order valence-electron chi connectivity index (χ0n) is 13.3. The van der Waals surface area contributed by atoms with Gasteiger partial charge in [0, 0.05) is 24.1 Å². The van der Waals surface area contributed by atoms with Gasteiger partial charge in [-0.25, -0.2) is 0 Å². The van der Waals surface area contributed by atoms with E-state index in [0.717, 1.165) is 43.2 Å². The summed E-state index contributed by atoms with van der Waals surface area (Å²) in [5.74, 6) is 1.95. The number of ether oxygens (including phenoxy) is 1. The van der Waals surface area contributed by atoms with Crippen molar-refractivity contribution in [2.45, 2.75) is 45.2 Å². The average Bonchev–Trinajstić information content (AvgIpc) is 3.35. The number of nitrogens with one attached hydrogen (secondary N) is 2. The van der Waals surface area contributed by atoms with Crippen LogP contribution in [0.1, 0.15) is 38.2 Å². The summed E-state index contributed by atoms with van der Waals surface area (Å²) in [7, 11) is 0. The first-order chi connectivity index (χ1) is 10.7. The number of hydrogen-bond acceptors (Lipinski definition) is 3. The summed E-state index contributed by atoms with van der Waals surface area (Å²) in [4.78, 5) is 12.3. The molecule has 1 amide bonds. The SMILES string of the molecule is C[C@H]1C[C@@H](C(=O)NCc2ccccc2OCC2CC2)CCN1. The van der Waals surface area contributed by atoms with Gasteiger partial charge < -0.3 is 15.4 Å². The van der Waals surface area contributed by atoms with Crippen LogP contribution >= 0.6 is 0 Å². The summed E-state index contributed by atoms with van der Waals surface area (Å²) in [6.45, 7) is 4.43. The van der Waals surface area contributed by atoms with Crippen molar-refractivity contribution in [3.63, 3.8) is 0 Å². The molecule has 2 aliphatic rings. The van der Waals surface area contributed by atoms with Crippen molar-refractivity contribution in [2.24, 2.45) is 11.8 Å². The minimum atomic E-state index is 0.135. The molecule has 120 valence electrons. The molecular formula is C18H26N2O2. The van der Waals surface area contributed by atoms with E-state index in [4.69, 9.17) is 4.74 Å². The summed E-state index contributed by atoms with van der Waals surface area (Å²) in [6.07, 6.45) is 4.42. The number of rotatable bonds is 6. The fourth-order valence-electron chi connectivity index (χ4n) is 2.98. The van der Waals surface area contributed by atoms with Crippen molar-refractivity contribution in [3.8, 4) is 5.75 Å². The number of piperidine rings is 1. The van der Waals surface area contributed by atoms with Crippen LogP contribution in [0.3, 0.4) is 0 Å². The van der Waals surface area contributed by atoms with Gasteiger partial charge in [0.1, 0.15) is 5.75 Å². The Balaban J connectivity index is 1.52. The quantitative estimate of drug-likeness (QED) is 0.849. The Morgan fingerprint density at radius 1 is 1.32 bits per heavy atom. The van der Waals surface area contributed by atoms with E-state index in [1.165, 1.54) is 12.8 Å². The Bertz CT molecular complexity index is 514. The predicted octanol–water partition coefficient (Wildman–Crippen LogP) is 2.48. The van der Waals surface area contributed by atoms with Crippen molar-refractivity contribution in [1.29, 1.82) is 0 Å². The van der Waals surface area contributed by atoms with Gasteiger partial charge in [0.25, 0.3) is 0 Å². The molecule has 0 unspecified atom stereocenters. The third-order valence-corrected chi connectivity index (χ3v) is 4.59. The zero-order valence-corrected chi connectivity index (χ0v) is 13.3. The first-order valence-corrected chi connectivity index (χ1v) is 8.44. The highest BCUT2D eigenvalue weighted by Gasteiger charge is 2.25. The summed E-state index contributed by atoms with van der Waals surface area (Å²) in [6, 6.07) is 8.45. The molecule has 22 heavy (non-hydrogen) atoms. The molecule has 2 N–H and O–H groups in total. The Morgan fingerprint density at radius 3 is 2.91 bits per heavy atom. The number of carbonyl (C=O) groups excluding carboxylic acids is 1. The lowest BCUT2D eigenvalue weighted by Gasteiger charge is -2.27. The smallest absolute Gasteiger partial charge is 0.223 e. The first-order valence-electron chi connectivity index (χ1n) is 8.44. The molecule has 4 heteroatoms. The van der Waals surface area contributed by atoms with Gasteiger partial charge >= 0.3 is 0 Å². The molecule has 2 atom stereocenters. The highest BCUT2D eigenvalue weighted by Crippen LogP contribution is 2.30. The average molecular weight is 302 g/mol. The Morgan fingerprint density at radius 2 is 2.14 bits per heavy atom. The van der Waals surface area contributed by atoms with Crippen molar-refractivity contribution < 1.29 is 9.53 Å². The minimum Gasteiger partial charge on any atom is -0.493 e. The van der Waals surface area contributed by atoms with Crippen molar-refractivity contribution in [3.05, 3.63) is 29.8 Å². The van der Waals surface area contributed by atoms with Crippen LogP contribution in [0.15, 0.2) is 24.3 Å². The van der Waals surface area contributed by atoms with Crippen molar-refractivity contribution in [1.82, 2.24) is 10.6 Å². The Labute approximate surface area is 132 Å². The maximum atomic E-state index is 12.3. The van der Waals surface area contributed by atoms with Crippen molar-refractivity contribution >= 4 is 5.91 Å². The second-order valence-electron chi connectivity index (χ2n) is 6.66. The van der Waals surface area contributed by atoms with Gasteiger partial charge in [-0.2, -0.15) is 0 Å². The minimum absolute atomic E-state index is 0.135. The fourth-order valence-corrected chi connectivity index (χ4v) is 2.98. The van der Waals surface area contributed by atoms with E-state index >= 15 is 0 Å². The lowest BCUT2D eigenvalue weighted by Crippen LogP contribution is -2.42. The molecule has 1 aliphatic heterocycles. The van der Waals surface area contributed by atoms with Crippen LogP contribution in [0.25, 0.3) is 0 Å². The number of amides is 1. The summed E-state index contributed by atoms with van der Waals surface area (Å²) in [5.41, 5.74) is 1.07. The van der Waals surface area contributed by atoms with Gasteiger partial charge in [0.15, 0.2) is 0 Å². The van der Waals surface area contributed by atoms with Crippen LogP contribution < -0.4 is 15.4 Å². The fraction of sp³-hybridized carbons (Fsp3) is 0.611. The molecule has 0 bridgehead atoms. The lowest BCUT2D eigenvalue weighted by molar-refractivity contribution is -0.126. The predicted molar refractivity (Wildman–Crippen MR) is 86.7 cm³/mol. The van der Waals surface area contributed by atoms with Crippen LogP contribution in [0, 0.1) is 11.8 Å². The number of benzene rings is 1. The molecule has 1 aromatic rings. The second kappa shape index (κ2) is 7.14. The van der Waals surface area contributed by atoms with Crippen molar-refractivity contribution in [2.75, 3.05) is 13.2 Å². The highest BCUT2D eigenvalue weighted by atomic mass is 16.5. The normalized spacial score (nSPS) is 24.8. The van der Waals surface area contributed by atoms with Gasteiger partial charge in [-0.3, -0.25) is 4.79 Å². The van der Waals surface area contributed by atoms with Gasteiger partial charge in [0.2, 0.25) is 5.91 Å². The van der Waals surface area contributed by atoms with E-state index in [-0.39, 0.29) is 11.8 Å².